The molecular formula is C23H29N3O4S2. The number of thiazole rings is 1. The van der Waals surface area contributed by atoms with Crippen molar-refractivity contribution in [1.82, 2.24) is 9.29 Å². The van der Waals surface area contributed by atoms with Gasteiger partial charge in [-0.25, -0.2) is 13.4 Å². The van der Waals surface area contributed by atoms with Crippen LogP contribution in [0.4, 0.5) is 5.13 Å². The van der Waals surface area contributed by atoms with E-state index >= 15 is 0 Å². The third kappa shape index (κ3) is 5.65. The number of anilines is 1. The van der Waals surface area contributed by atoms with Gasteiger partial charge in [-0.3, -0.25) is 10.1 Å². The fraction of sp³-hybridized carbons (Fsp3) is 0.391. The van der Waals surface area contributed by atoms with Crippen LogP contribution in [0.2, 0.25) is 0 Å². The molecule has 9 heteroatoms. The molecule has 32 heavy (non-hydrogen) atoms. The zero-order valence-corrected chi connectivity index (χ0v) is 20.3. The van der Waals surface area contributed by atoms with Crippen molar-refractivity contribution in [3.05, 3.63) is 48.0 Å². The summed E-state index contributed by atoms with van der Waals surface area (Å²) in [7, 11) is -1.99. The van der Waals surface area contributed by atoms with Gasteiger partial charge in [0, 0.05) is 18.7 Å². The van der Waals surface area contributed by atoms with E-state index in [0.717, 1.165) is 41.6 Å². The Morgan fingerprint density at radius 1 is 1.06 bits per heavy atom. The number of ether oxygens (including phenoxy) is 1. The highest BCUT2D eigenvalue weighted by Gasteiger charge is 2.24. The molecule has 0 aliphatic carbocycles. The normalized spacial score (nSPS) is 11.8. The number of rotatable bonds is 11. The first-order valence-electron chi connectivity index (χ1n) is 10.7. The molecule has 0 aliphatic heterocycles. The minimum Gasteiger partial charge on any atom is -0.497 e. The number of carbonyl (C=O) groups is 1. The molecule has 1 N–H and O–H groups in total. The van der Waals surface area contributed by atoms with E-state index in [2.05, 4.69) is 10.3 Å². The Hall–Kier alpha value is -2.49. The van der Waals surface area contributed by atoms with Gasteiger partial charge >= 0.3 is 0 Å². The van der Waals surface area contributed by atoms with Gasteiger partial charge in [0.15, 0.2) is 5.13 Å². The van der Waals surface area contributed by atoms with Crippen molar-refractivity contribution in [2.75, 3.05) is 25.5 Å². The van der Waals surface area contributed by atoms with E-state index in [9.17, 15) is 13.2 Å². The van der Waals surface area contributed by atoms with E-state index in [0.29, 0.717) is 23.8 Å². The molecule has 1 aromatic heterocycles. The minimum atomic E-state index is -3.59. The number of amides is 1. The number of unbranched alkanes of at least 4 members (excludes halogenated alkanes) is 2. The van der Waals surface area contributed by atoms with Crippen molar-refractivity contribution in [2.24, 2.45) is 0 Å². The number of fused-ring (bicyclic) bond motifs is 1. The summed E-state index contributed by atoms with van der Waals surface area (Å²) in [5.41, 5.74) is 1.14. The molecule has 0 aliphatic rings. The quantitative estimate of drug-likeness (QED) is 0.414. The number of benzene rings is 2. The predicted octanol–water partition coefficient (Wildman–Crippen LogP) is 5.15. The van der Waals surface area contributed by atoms with Gasteiger partial charge in [0.25, 0.3) is 5.91 Å². The van der Waals surface area contributed by atoms with Gasteiger partial charge in [-0.1, -0.05) is 38.0 Å². The van der Waals surface area contributed by atoms with Crippen LogP contribution in [0.1, 0.15) is 49.9 Å². The van der Waals surface area contributed by atoms with Gasteiger partial charge in [-0.15, -0.1) is 0 Å². The molecule has 0 bridgehead atoms. The summed E-state index contributed by atoms with van der Waals surface area (Å²) in [6, 6.07) is 11.6. The number of aromatic nitrogens is 1. The lowest BCUT2D eigenvalue weighted by Gasteiger charge is -2.22. The average Bonchev–Trinajstić information content (AvgIpc) is 3.20. The molecule has 1 amide bonds. The van der Waals surface area contributed by atoms with Crippen LogP contribution < -0.4 is 10.1 Å². The first-order chi connectivity index (χ1) is 15.4. The van der Waals surface area contributed by atoms with Gasteiger partial charge in [0.2, 0.25) is 10.0 Å². The third-order valence-electron chi connectivity index (χ3n) is 5.09. The van der Waals surface area contributed by atoms with Gasteiger partial charge in [0.1, 0.15) is 5.75 Å². The van der Waals surface area contributed by atoms with Crippen molar-refractivity contribution < 1.29 is 17.9 Å². The summed E-state index contributed by atoms with van der Waals surface area (Å²) in [4.78, 5) is 17.3. The summed E-state index contributed by atoms with van der Waals surface area (Å²) >= 11 is 1.35. The Bertz CT molecular complexity index is 1150. The lowest BCUT2D eigenvalue weighted by atomic mass is 10.2. The largest absolute Gasteiger partial charge is 0.497 e. The van der Waals surface area contributed by atoms with Crippen molar-refractivity contribution in [3.8, 4) is 5.75 Å². The number of methoxy groups -OCH3 is 1. The Balaban J connectivity index is 1.74. The molecule has 0 fully saturated rings. The van der Waals surface area contributed by atoms with Crippen LogP contribution in [-0.4, -0.2) is 43.8 Å². The Labute approximate surface area is 193 Å². The maximum Gasteiger partial charge on any atom is 0.257 e. The molecule has 0 spiro atoms. The molecule has 1 heterocycles. The topological polar surface area (TPSA) is 88.6 Å². The number of nitrogens with one attached hydrogen (secondary N) is 1. The van der Waals surface area contributed by atoms with E-state index in [1.54, 1.807) is 11.4 Å². The number of carbonyl (C=O) groups excluding carboxylic acids is 1. The third-order valence-corrected chi connectivity index (χ3v) is 7.94. The molecule has 0 saturated heterocycles. The predicted molar refractivity (Wildman–Crippen MR) is 129 cm³/mol. The van der Waals surface area contributed by atoms with E-state index in [1.807, 2.05) is 32.0 Å². The van der Waals surface area contributed by atoms with Crippen LogP contribution in [0, 0.1) is 0 Å². The summed E-state index contributed by atoms with van der Waals surface area (Å²) in [5.74, 6) is 0.386. The van der Waals surface area contributed by atoms with Crippen LogP contribution >= 0.6 is 11.3 Å². The van der Waals surface area contributed by atoms with Gasteiger partial charge in [-0.2, -0.15) is 4.31 Å². The Morgan fingerprint density at radius 2 is 1.72 bits per heavy atom. The SMILES string of the molecule is CCCCN(CCCC)S(=O)(=O)c1ccc(C(=O)Nc2nc3ccc(OC)cc3s2)cc1. The highest BCUT2D eigenvalue weighted by molar-refractivity contribution is 7.89. The van der Waals surface area contributed by atoms with Crippen LogP contribution in [0.25, 0.3) is 10.2 Å². The lowest BCUT2D eigenvalue weighted by Crippen LogP contribution is -2.33. The zero-order chi connectivity index (χ0) is 23.1. The molecule has 7 nitrogen and oxygen atoms in total. The second-order valence-corrected chi connectivity index (χ2v) is 10.4. The summed E-state index contributed by atoms with van der Waals surface area (Å²) in [6.45, 7) is 5.09. The zero-order valence-electron chi connectivity index (χ0n) is 18.6. The molecular weight excluding hydrogens is 446 g/mol. The molecule has 2 aromatic carbocycles. The summed E-state index contributed by atoms with van der Waals surface area (Å²) in [5, 5.41) is 3.26. The highest BCUT2D eigenvalue weighted by atomic mass is 32.2. The Kier molecular flexibility index (Phi) is 8.22. The van der Waals surface area contributed by atoms with Crippen LogP contribution in [-0.2, 0) is 10.0 Å². The molecule has 172 valence electrons. The van der Waals surface area contributed by atoms with Gasteiger partial charge in [0.05, 0.1) is 22.2 Å². The number of hydrogen-bond donors (Lipinski definition) is 1. The fourth-order valence-electron chi connectivity index (χ4n) is 3.20. The highest BCUT2D eigenvalue weighted by Crippen LogP contribution is 2.29. The minimum absolute atomic E-state index is 0.202. The fourth-order valence-corrected chi connectivity index (χ4v) is 5.61. The van der Waals surface area contributed by atoms with Gasteiger partial charge in [-0.05, 0) is 55.3 Å². The van der Waals surface area contributed by atoms with Crippen molar-refractivity contribution in [2.45, 2.75) is 44.4 Å². The molecule has 0 saturated carbocycles. The van der Waals surface area contributed by atoms with E-state index in [-0.39, 0.29) is 10.8 Å². The van der Waals surface area contributed by atoms with Crippen LogP contribution in [0.15, 0.2) is 47.4 Å². The number of nitrogens with zero attached hydrogens (tertiary/aromatic N) is 2. The van der Waals surface area contributed by atoms with Crippen molar-refractivity contribution in [3.63, 3.8) is 0 Å². The summed E-state index contributed by atoms with van der Waals surface area (Å²) < 4.78 is 33.8. The van der Waals surface area contributed by atoms with E-state index < -0.39 is 10.0 Å². The maximum absolute atomic E-state index is 13.1. The average molecular weight is 476 g/mol. The monoisotopic (exact) mass is 475 g/mol. The smallest absolute Gasteiger partial charge is 0.257 e. The molecule has 0 atom stereocenters. The number of hydrogen-bond acceptors (Lipinski definition) is 6. The molecule has 3 rings (SSSR count). The number of sulfonamides is 1. The van der Waals surface area contributed by atoms with E-state index in [1.165, 1.54) is 35.6 Å². The van der Waals surface area contributed by atoms with Gasteiger partial charge < -0.3 is 4.74 Å². The molecule has 0 radical (unpaired) electrons. The second-order valence-electron chi connectivity index (χ2n) is 7.44. The first kappa shape index (κ1) is 24.2. The van der Waals surface area contributed by atoms with Crippen LogP contribution in [0.3, 0.4) is 0 Å². The summed E-state index contributed by atoms with van der Waals surface area (Å²) in [6.07, 6.45) is 3.49. The lowest BCUT2D eigenvalue weighted by molar-refractivity contribution is 0.102. The Morgan fingerprint density at radius 3 is 2.31 bits per heavy atom. The van der Waals surface area contributed by atoms with E-state index in [4.69, 9.17) is 4.74 Å². The first-order valence-corrected chi connectivity index (χ1v) is 13.0. The molecule has 0 unspecified atom stereocenters. The van der Waals surface area contributed by atoms with Crippen LogP contribution in [0.5, 0.6) is 5.75 Å². The molecule has 3 aromatic rings. The van der Waals surface area contributed by atoms with Crippen molar-refractivity contribution in [1.29, 1.82) is 0 Å². The maximum atomic E-state index is 13.1. The van der Waals surface area contributed by atoms with Crippen molar-refractivity contribution >= 4 is 42.6 Å². The second kappa shape index (κ2) is 10.9. The standard InChI is InChI=1S/C23H29N3O4S2/c1-4-6-14-26(15-7-5-2)32(28,29)19-11-8-17(9-12-19)22(27)25-23-24-20-13-10-18(30-3)16-21(20)31-23/h8-13,16H,4-7,14-15H2,1-3H3,(H,24,25,27).